The summed E-state index contributed by atoms with van der Waals surface area (Å²) in [5.74, 6) is 0.270. The first-order valence-corrected chi connectivity index (χ1v) is 5.34. The van der Waals surface area contributed by atoms with Crippen LogP contribution < -0.4 is 10.5 Å². The van der Waals surface area contributed by atoms with Crippen LogP contribution in [0, 0.1) is 0 Å². The van der Waals surface area contributed by atoms with E-state index >= 15 is 0 Å². The van der Waals surface area contributed by atoms with Crippen molar-refractivity contribution in [3.05, 3.63) is 23.8 Å². The van der Waals surface area contributed by atoms with Crippen LogP contribution in [-0.4, -0.2) is 12.6 Å². The molecule has 0 aliphatic rings. The third-order valence-electron chi connectivity index (χ3n) is 3.50. The van der Waals surface area contributed by atoms with E-state index in [1.165, 1.54) is 13.2 Å². The molecule has 0 aliphatic heterocycles. The molecule has 0 spiro atoms. The van der Waals surface area contributed by atoms with Crippen molar-refractivity contribution < 1.29 is 9.84 Å². The third kappa shape index (κ3) is 2.14. The average molecular weight is 222 g/mol. The Morgan fingerprint density at radius 1 is 1.19 bits per heavy atom. The van der Waals surface area contributed by atoms with E-state index in [-0.39, 0.29) is 16.7 Å². The highest BCUT2D eigenvalue weighted by molar-refractivity contribution is 5.44. The molecular formula is C13H20NO2. The first-order valence-electron chi connectivity index (χ1n) is 5.34. The number of ether oxygens (including phenoxy) is 1. The van der Waals surface area contributed by atoms with E-state index in [9.17, 15) is 5.11 Å². The van der Waals surface area contributed by atoms with Gasteiger partial charge in [-0.05, 0) is 31.5 Å². The van der Waals surface area contributed by atoms with Crippen molar-refractivity contribution in [3.8, 4) is 11.5 Å². The second-order valence-corrected chi connectivity index (χ2v) is 5.21. The van der Waals surface area contributed by atoms with Gasteiger partial charge in [0.25, 0.3) is 0 Å². The average Bonchev–Trinajstić information content (AvgIpc) is 2.16. The molecule has 16 heavy (non-hydrogen) atoms. The highest BCUT2D eigenvalue weighted by Gasteiger charge is 2.35. The molecule has 1 rings (SSSR count). The Kier molecular flexibility index (Phi) is 3.20. The van der Waals surface area contributed by atoms with Crippen molar-refractivity contribution in [1.82, 2.24) is 0 Å². The van der Waals surface area contributed by atoms with Crippen LogP contribution in [-0.2, 0) is 10.5 Å². The molecule has 0 fully saturated rings. The normalized spacial score (nSPS) is 12.6. The predicted molar refractivity (Wildman–Crippen MR) is 64.4 cm³/mol. The van der Waals surface area contributed by atoms with Gasteiger partial charge < -0.3 is 10.5 Å². The number of hydrogen-bond acceptors (Lipinski definition) is 2. The van der Waals surface area contributed by atoms with Gasteiger partial charge in [-0.1, -0.05) is 19.9 Å². The van der Waals surface area contributed by atoms with Crippen LogP contribution in [0.3, 0.4) is 0 Å². The fraction of sp³-hybridized carbons (Fsp3) is 0.538. The molecule has 2 N–H and O–H groups in total. The minimum absolute atomic E-state index is 0.100. The van der Waals surface area contributed by atoms with Crippen LogP contribution in [0.2, 0.25) is 0 Å². The fourth-order valence-corrected chi connectivity index (χ4v) is 1.43. The van der Waals surface area contributed by atoms with Gasteiger partial charge in [-0.25, -0.2) is 0 Å². The molecule has 3 heteroatoms. The van der Waals surface area contributed by atoms with Crippen LogP contribution in [0.15, 0.2) is 18.2 Å². The Labute approximate surface area is 97.2 Å². The SMILES string of the molecule is COc1cc(C(C)(C)C(C)(C)N)ccc1[O]. The van der Waals surface area contributed by atoms with Crippen LogP contribution >= 0.6 is 0 Å². The summed E-state index contributed by atoms with van der Waals surface area (Å²) >= 11 is 0. The Morgan fingerprint density at radius 3 is 2.19 bits per heavy atom. The number of rotatable bonds is 3. The quantitative estimate of drug-likeness (QED) is 0.855. The molecule has 0 aromatic heterocycles. The molecule has 3 nitrogen and oxygen atoms in total. The summed E-state index contributed by atoms with van der Waals surface area (Å²) < 4.78 is 5.04. The summed E-state index contributed by atoms with van der Waals surface area (Å²) in [7, 11) is 1.50. The van der Waals surface area contributed by atoms with Crippen LogP contribution in [0.5, 0.6) is 11.5 Å². The smallest absolute Gasteiger partial charge is 0.220 e. The minimum Gasteiger partial charge on any atom is -0.493 e. The van der Waals surface area contributed by atoms with Gasteiger partial charge in [0.05, 0.1) is 7.11 Å². The summed E-state index contributed by atoms with van der Waals surface area (Å²) in [5.41, 5.74) is 6.57. The van der Waals surface area contributed by atoms with Crippen molar-refractivity contribution in [2.75, 3.05) is 7.11 Å². The van der Waals surface area contributed by atoms with E-state index in [0.29, 0.717) is 5.75 Å². The number of methoxy groups -OCH3 is 1. The number of nitrogens with two attached hydrogens (primary N) is 1. The third-order valence-corrected chi connectivity index (χ3v) is 3.50. The molecule has 0 aliphatic carbocycles. The van der Waals surface area contributed by atoms with Crippen molar-refractivity contribution in [3.63, 3.8) is 0 Å². The molecule has 0 unspecified atom stereocenters. The van der Waals surface area contributed by atoms with Gasteiger partial charge in [-0.3, -0.25) is 5.11 Å². The first-order chi connectivity index (χ1) is 7.20. The van der Waals surface area contributed by atoms with Crippen LogP contribution in [0.25, 0.3) is 0 Å². The van der Waals surface area contributed by atoms with E-state index in [2.05, 4.69) is 13.8 Å². The highest BCUT2D eigenvalue weighted by Crippen LogP contribution is 2.37. The highest BCUT2D eigenvalue weighted by atomic mass is 16.5. The van der Waals surface area contributed by atoms with Gasteiger partial charge in [0.1, 0.15) is 0 Å². The summed E-state index contributed by atoms with van der Waals surface area (Å²) in [6.45, 7) is 8.08. The summed E-state index contributed by atoms with van der Waals surface area (Å²) in [4.78, 5) is 0. The van der Waals surface area contributed by atoms with E-state index in [4.69, 9.17) is 10.5 Å². The first kappa shape index (κ1) is 12.8. The molecule has 1 radical (unpaired) electrons. The fourth-order valence-electron chi connectivity index (χ4n) is 1.43. The Bertz CT molecular complexity index is 378. The molecule has 0 atom stereocenters. The second-order valence-electron chi connectivity index (χ2n) is 5.21. The zero-order valence-corrected chi connectivity index (χ0v) is 10.6. The zero-order chi connectivity index (χ0) is 12.6. The molecule has 0 heterocycles. The van der Waals surface area contributed by atoms with Gasteiger partial charge in [0.15, 0.2) is 5.75 Å². The lowest BCUT2D eigenvalue weighted by Crippen LogP contribution is -2.50. The largest absolute Gasteiger partial charge is 0.493 e. The van der Waals surface area contributed by atoms with Crippen molar-refractivity contribution in [2.45, 2.75) is 38.6 Å². The number of benzene rings is 1. The zero-order valence-electron chi connectivity index (χ0n) is 10.6. The van der Waals surface area contributed by atoms with Crippen molar-refractivity contribution >= 4 is 0 Å². The Morgan fingerprint density at radius 2 is 1.75 bits per heavy atom. The molecular weight excluding hydrogens is 202 g/mol. The lowest BCUT2D eigenvalue weighted by molar-refractivity contribution is 0.297. The Balaban J connectivity index is 3.24. The van der Waals surface area contributed by atoms with E-state index < -0.39 is 0 Å². The standard InChI is InChI=1S/C13H20NO2/c1-12(2,13(3,4)14)9-6-7-10(15)11(8-9)16-5/h6-8H,14H2,1-5H3. The summed E-state index contributed by atoms with van der Waals surface area (Å²) in [6.07, 6.45) is 0. The molecule has 0 amide bonds. The monoisotopic (exact) mass is 222 g/mol. The molecule has 89 valence electrons. The summed E-state index contributed by atoms with van der Waals surface area (Å²) in [5, 5.41) is 11.4. The summed E-state index contributed by atoms with van der Waals surface area (Å²) in [6, 6.07) is 5.12. The second kappa shape index (κ2) is 3.98. The minimum atomic E-state index is -0.373. The van der Waals surface area contributed by atoms with Gasteiger partial charge in [-0.15, -0.1) is 0 Å². The maximum atomic E-state index is 11.4. The van der Waals surface area contributed by atoms with Crippen LogP contribution in [0.1, 0.15) is 33.3 Å². The van der Waals surface area contributed by atoms with Crippen molar-refractivity contribution in [1.29, 1.82) is 0 Å². The lowest BCUT2D eigenvalue weighted by atomic mass is 9.70. The van der Waals surface area contributed by atoms with Crippen molar-refractivity contribution in [2.24, 2.45) is 5.73 Å². The van der Waals surface area contributed by atoms with Gasteiger partial charge in [0, 0.05) is 11.0 Å². The van der Waals surface area contributed by atoms with Gasteiger partial charge >= 0.3 is 0 Å². The van der Waals surface area contributed by atoms with E-state index in [1.807, 2.05) is 19.9 Å². The Hall–Kier alpha value is -1.22. The molecule has 1 aromatic carbocycles. The maximum Gasteiger partial charge on any atom is 0.220 e. The predicted octanol–water partition coefficient (Wildman–Crippen LogP) is 2.85. The molecule has 0 saturated carbocycles. The molecule has 0 saturated heterocycles. The van der Waals surface area contributed by atoms with E-state index in [0.717, 1.165) is 5.56 Å². The van der Waals surface area contributed by atoms with E-state index in [1.54, 1.807) is 6.07 Å². The lowest BCUT2D eigenvalue weighted by Gasteiger charge is -2.39. The topological polar surface area (TPSA) is 55.1 Å². The molecule has 1 aromatic rings. The van der Waals surface area contributed by atoms with Gasteiger partial charge in [0.2, 0.25) is 5.75 Å². The van der Waals surface area contributed by atoms with Gasteiger partial charge in [-0.2, -0.15) is 0 Å². The van der Waals surface area contributed by atoms with Crippen LogP contribution in [0.4, 0.5) is 0 Å². The number of hydrogen-bond donors (Lipinski definition) is 1. The molecule has 0 bridgehead atoms. The maximum absolute atomic E-state index is 11.4.